The van der Waals surface area contributed by atoms with Crippen molar-refractivity contribution in [3.63, 3.8) is 0 Å². The number of aldehydes is 1. The molecule has 94 valence electrons. The number of benzene rings is 1. The molecule has 0 aromatic heterocycles. The molecule has 2 rings (SSSR count). The lowest BCUT2D eigenvalue weighted by atomic mass is 9.79. The van der Waals surface area contributed by atoms with Gasteiger partial charge >= 0.3 is 0 Å². The number of anilines is 1. The number of nitrogens with two attached hydrogens (primary N) is 1. The monoisotopic (exact) mass is 244 g/mol. The van der Waals surface area contributed by atoms with Gasteiger partial charge < -0.3 is 15.8 Å². The van der Waals surface area contributed by atoms with Crippen LogP contribution in [0.25, 0.3) is 0 Å². The Kier molecular flexibility index (Phi) is 3.58. The van der Waals surface area contributed by atoms with Gasteiger partial charge in [-0.25, -0.2) is 0 Å². The summed E-state index contributed by atoms with van der Waals surface area (Å²) in [5.41, 5.74) is 8.86. The molecule has 0 aliphatic heterocycles. The van der Waals surface area contributed by atoms with E-state index in [1.165, 1.54) is 0 Å². The van der Waals surface area contributed by atoms with Crippen LogP contribution in [0.4, 0.5) is 5.69 Å². The Labute approximate surface area is 106 Å². The number of carbonyl (C=O) groups excluding carboxylic acids is 2. The van der Waals surface area contributed by atoms with E-state index >= 15 is 0 Å². The minimum atomic E-state index is -0.119. The fraction of sp³-hybridized carbons (Fsp3) is 0.286. The summed E-state index contributed by atoms with van der Waals surface area (Å²) in [6, 6.07) is 7.41. The van der Waals surface area contributed by atoms with Gasteiger partial charge in [-0.1, -0.05) is 17.7 Å². The van der Waals surface area contributed by atoms with Crippen LogP contribution < -0.4 is 11.1 Å². The van der Waals surface area contributed by atoms with Crippen molar-refractivity contribution >= 4 is 17.9 Å². The predicted molar refractivity (Wildman–Crippen MR) is 69.8 cm³/mol. The van der Waals surface area contributed by atoms with Crippen LogP contribution in [0.5, 0.6) is 0 Å². The lowest BCUT2D eigenvalue weighted by Gasteiger charge is -2.26. The molecular formula is C14H16N2O2. The van der Waals surface area contributed by atoms with Gasteiger partial charge in [0.2, 0.25) is 0 Å². The molecule has 3 N–H and O–H groups in total. The summed E-state index contributed by atoms with van der Waals surface area (Å²) in [6.45, 7) is 2.31. The van der Waals surface area contributed by atoms with E-state index < -0.39 is 0 Å². The molecule has 0 heterocycles. The van der Waals surface area contributed by atoms with Crippen molar-refractivity contribution in [3.8, 4) is 0 Å². The maximum absolute atomic E-state index is 11.9. The average molecular weight is 244 g/mol. The molecule has 1 atom stereocenters. The molecule has 18 heavy (non-hydrogen) atoms. The predicted octanol–water partition coefficient (Wildman–Crippen LogP) is 1.62. The first-order valence-electron chi connectivity index (χ1n) is 5.91. The summed E-state index contributed by atoms with van der Waals surface area (Å²) >= 11 is 0. The minimum absolute atomic E-state index is 0.0784. The van der Waals surface area contributed by atoms with E-state index in [0.29, 0.717) is 13.0 Å². The average Bonchev–Trinajstić information content (AvgIpc) is 2.38. The second-order valence-electron chi connectivity index (χ2n) is 4.46. The Morgan fingerprint density at radius 1 is 1.44 bits per heavy atom. The molecule has 0 radical (unpaired) electrons. The van der Waals surface area contributed by atoms with Gasteiger partial charge in [-0.2, -0.15) is 0 Å². The molecule has 4 nitrogen and oxygen atoms in total. The summed E-state index contributed by atoms with van der Waals surface area (Å²) in [5, 5.41) is 2.82. The van der Waals surface area contributed by atoms with Gasteiger partial charge in [0.1, 0.15) is 6.29 Å². The van der Waals surface area contributed by atoms with Crippen LogP contribution in [-0.2, 0) is 16.1 Å². The normalized spacial score (nSPS) is 18.2. The van der Waals surface area contributed by atoms with Crippen molar-refractivity contribution in [2.75, 3.05) is 5.32 Å². The first-order chi connectivity index (χ1) is 8.65. The Hall–Kier alpha value is -1.94. The Morgan fingerprint density at radius 2 is 2.11 bits per heavy atom. The molecule has 4 heteroatoms. The SMILES string of the molecule is CC1=C(C(=O)Nc2ccc(CN)cc2)CC1C=O. The summed E-state index contributed by atoms with van der Waals surface area (Å²) in [5.74, 6) is -0.198. The van der Waals surface area contributed by atoms with Crippen LogP contribution in [0.3, 0.4) is 0 Å². The molecule has 0 bridgehead atoms. The number of nitrogens with one attached hydrogen (secondary N) is 1. The van der Waals surface area contributed by atoms with Gasteiger partial charge in [0.15, 0.2) is 0 Å². The molecule has 0 fully saturated rings. The van der Waals surface area contributed by atoms with E-state index in [1.54, 1.807) is 0 Å². The second kappa shape index (κ2) is 5.14. The number of hydrogen-bond donors (Lipinski definition) is 2. The molecule has 1 aliphatic carbocycles. The van der Waals surface area contributed by atoms with Crippen molar-refractivity contribution in [1.82, 2.24) is 0 Å². The third kappa shape index (κ3) is 2.33. The first kappa shape index (κ1) is 12.5. The molecule has 0 spiro atoms. The van der Waals surface area contributed by atoms with Crippen LogP contribution in [0.15, 0.2) is 35.4 Å². The van der Waals surface area contributed by atoms with E-state index in [-0.39, 0.29) is 11.8 Å². The molecule has 1 amide bonds. The van der Waals surface area contributed by atoms with Crippen LogP contribution in [0.2, 0.25) is 0 Å². The van der Waals surface area contributed by atoms with Crippen LogP contribution in [0, 0.1) is 5.92 Å². The lowest BCUT2D eigenvalue weighted by molar-refractivity contribution is -0.114. The van der Waals surface area contributed by atoms with Crippen molar-refractivity contribution in [2.45, 2.75) is 19.9 Å². The zero-order valence-corrected chi connectivity index (χ0v) is 10.3. The summed E-state index contributed by atoms with van der Waals surface area (Å²) < 4.78 is 0. The van der Waals surface area contributed by atoms with E-state index in [2.05, 4.69) is 5.32 Å². The Balaban J connectivity index is 2.04. The van der Waals surface area contributed by atoms with Gasteiger partial charge in [0.05, 0.1) is 0 Å². The lowest BCUT2D eigenvalue weighted by Crippen LogP contribution is -2.27. The van der Waals surface area contributed by atoms with Crippen LogP contribution in [0.1, 0.15) is 18.9 Å². The zero-order valence-electron chi connectivity index (χ0n) is 10.3. The van der Waals surface area contributed by atoms with Crippen molar-refractivity contribution < 1.29 is 9.59 Å². The molecule has 1 unspecified atom stereocenters. The highest BCUT2D eigenvalue weighted by molar-refractivity contribution is 6.06. The zero-order chi connectivity index (χ0) is 13.1. The third-order valence-corrected chi connectivity index (χ3v) is 3.34. The Bertz CT molecular complexity index is 503. The van der Waals surface area contributed by atoms with Crippen LogP contribution >= 0.6 is 0 Å². The summed E-state index contributed by atoms with van der Waals surface area (Å²) in [4.78, 5) is 22.5. The molecular weight excluding hydrogens is 228 g/mol. The topological polar surface area (TPSA) is 72.2 Å². The second-order valence-corrected chi connectivity index (χ2v) is 4.46. The summed E-state index contributed by atoms with van der Waals surface area (Å²) in [7, 11) is 0. The molecule has 0 saturated carbocycles. The third-order valence-electron chi connectivity index (χ3n) is 3.34. The highest BCUT2D eigenvalue weighted by Gasteiger charge is 2.30. The maximum Gasteiger partial charge on any atom is 0.251 e. The fourth-order valence-electron chi connectivity index (χ4n) is 1.98. The molecule has 1 aromatic rings. The number of amides is 1. The number of hydrogen-bond acceptors (Lipinski definition) is 3. The van der Waals surface area contributed by atoms with Gasteiger partial charge in [-0.3, -0.25) is 4.79 Å². The maximum atomic E-state index is 11.9. The number of rotatable bonds is 4. The largest absolute Gasteiger partial charge is 0.326 e. The highest BCUT2D eigenvalue weighted by Crippen LogP contribution is 2.33. The molecule has 1 aliphatic rings. The van der Waals surface area contributed by atoms with Gasteiger partial charge in [-0.05, 0) is 31.0 Å². The highest BCUT2D eigenvalue weighted by atomic mass is 16.1. The van der Waals surface area contributed by atoms with Gasteiger partial charge in [-0.15, -0.1) is 0 Å². The van der Waals surface area contributed by atoms with E-state index in [9.17, 15) is 9.59 Å². The van der Waals surface area contributed by atoms with E-state index in [1.807, 2.05) is 31.2 Å². The smallest absolute Gasteiger partial charge is 0.251 e. The first-order valence-corrected chi connectivity index (χ1v) is 5.91. The van der Waals surface area contributed by atoms with E-state index in [0.717, 1.165) is 28.7 Å². The summed E-state index contributed by atoms with van der Waals surface area (Å²) in [6.07, 6.45) is 1.43. The quantitative estimate of drug-likeness (QED) is 0.790. The molecule has 0 saturated heterocycles. The standard InChI is InChI=1S/C14H16N2O2/c1-9-11(8-17)6-13(9)14(18)16-12-4-2-10(7-15)3-5-12/h2-5,8,11H,6-7,15H2,1H3,(H,16,18). The van der Waals surface area contributed by atoms with Gasteiger partial charge in [0.25, 0.3) is 5.91 Å². The van der Waals surface area contributed by atoms with Gasteiger partial charge in [0, 0.05) is 23.7 Å². The van der Waals surface area contributed by atoms with Crippen LogP contribution in [-0.4, -0.2) is 12.2 Å². The Morgan fingerprint density at radius 3 is 2.61 bits per heavy atom. The van der Waals surface area contributed by atoms with Crippen molar-refractivity contribution in [3.05, 3.63) is 41.0 Å². The number of allylic oxidation sites excluding steroid dienone is 1. The fourth-order valence-corrected chi connectivity index (χ4v) is 1.98. The molecule has 1 aromatic carbocycles. The number of carbonyl (C=O) groups is 2. The van der Waals surface area contributed by atoms with Crippen molar-refractivity contribution in [2.24, 2.45) is 11.7 Å². The minimum Gasteiger partial charge on any atom is -0.326 e. The van der Waals surface area contributed by atoms with E-state index in [4.69, 9.17) is 5.73 Å². The van der Waals surface area contributed by atoms with Crippen molar-refractivity contribution in [1.29, 1.82) is 0 Å².